The molecule has 0 aromatic heterocycles. The van der Waals surface area contributed by atoms with Crippen LogP contribution in [0.1, 0.15) is 26.3 Å². The molecule has 0 atom stereocenters. The van der Waals surface area contributed by atoms with Crippen molar-refractivity contribution in [1.29, 1.82) is 0 Å². The van der Waals surface area contributed by atoms with Gasteiger partial charge in [0.25, 0.3) is 0 Å². The first-order chi connectivity index (χ1) is 7.96. The fraction of sp³-hybridized carbons (Fsp3) is 0.571. The van der Waals surface area contributed by atoms with Crippen molar-refractivity contribution in [3.8, 4) is 11.5 Å². The molecule has 1 aromatic carbocycles. The quantitative estimate of drug-likeness (QED) is 0.854. The highest BCUT2D eigenvalue weighted by Gasteiger charge is 2.08. The number of methoxy groups -OCH3 is 2. The van der Waals surface area contributed by atoms with Crippen LogP contribution >= 0.6 is 0 Å². The maximum Gasteiger partial charge on any atom is 0.160 e. The molecule has 0 aliphatic rings. The Bertz CT molecular complexity index is 356. The van der Waals surface area contributed by atoms with E-state index in [1.165, 1.54) is 5.56 Å². The summed E-state index contributed by atoms with van der Waals surface area (Å²) in [5.41, 5.74) is 1.41. The molecule has 0 heterocycles. The summed E-state index contributed by atoms with van der Waals surface area (Å²) in [6, 6.07) is 6.06. The van der Waals surface area contributed by atoms with E-state index in [-0.39, 0.29) is 5.54 Å². The number of hydrogen-bond donors (Lipinski definition) is 1. The van der Waals surface area contributed by atoms with E-state index in [1.54, 1.807) is 14.2 Å². The van der Waals surface area contributed by atoms with Gasteiger partial charge in [-0.3, -0.25) is 0 Å². The van der Waals surface area contributed by atoms with E-state index in [9.17, 15) is 0 Å². The zero-order valence-corrected chi connectivity index (χ0v) is 11.5. The van der Waals surface area contributed by atoms with E-state index in [0.29, 0.717) is 0 Å². The lowest BCUT2D eigenvalue weighted by molar-refractivity contribution is 0.354. The van der Waals surface area contributed by atoms with E-state index in [4.69, 9.17) is 9.47 Å². The van der Waals surface area contributed by atoms with Crippen molar-refractivity contribution in [2.24, 2.45) is 0 Å². The van der Waals surface area contributed by atoms with Gasteiger partial charge >= 0.3 is 0 Å². The molecular formula is C14H23NO2. The van der Waals surface area contributed by atoms with Gasteiger partial charge < -0.3 is 14.8 Å². The van der Waals surface area contributed by atoms with Crippen molar-refractivity contribution < 1.29 is 9.47 Å². The van der Waals surface area contributed by atoms with Crippen LogP contribution in [-0.2, 0) is 6.42 Å². The van der Waals surface area contributed by atoms with E-state index in [2.05, 4.69) is 32.2 Å². The van der Waals surface area contributed by atoms with Crippen LogP contribution in [0.15, 0.2) is 18.2 Å². The molecule has 0 aliphatic carbocycles. The van der Waals surface area contributed by atoms with E-state index >= 15 is 0 Å². The van der Waals surface area contributed by atoms with Crippen molar-refractivity contribution in [3.05, 3.63) is 23.8 Å². The fourth-order valence-corrected chi connectivity index (χ4v) is 1.62. The highest BCUT2D eigenvalue weighted by atomic mass is 16.5. The Morgan fingerprint density at radius 1 is 1.06 bits per heavy atom. The predicted octanol–water partition coefficient (Wildman–Crippen LogP) is 2.63. The Morgan fingerprint density at radius 2 is 1.71 bits per heavy atom. The maximum atomic E-state index is 5.28. The summed E-state index contributed by atoms with van der Waals surface area (Å²) in [6.07, 6.45) is 0.984. The summed E-state index contributed by atoms with van der Waals surface area (Å²) in [5, 5.41) is 3.46. The summed E-state index contributed by atoms with van der Waals surface area (Å²) in [7, 11) is 3.31. The molecule has 1 N–H and O–H groups in total. The molecular weight excluding hydrogens is 214 g/mol. The van der Waals surface area contributed by atoms with Gasteiger partial charge in [0.2, 0.25) is 0 Å². The topological polar surface area (TPSA) is 30.5 Å². The number of benzene rings is 1. The average molecular weight is 237 g/mol. The summed E-state index contributed by atoms with van der Waals surface area (Å²) in [4.78, 5) is 0. The standard InChI is InChI=1S/C14H23NO2/c1-14(2,3)15-9-8-11-6-7-12(16-4)13(10-11)17-5/h6-7,10,15H,8-9H2,1-5H3. The molecule has 0 fully saturated rings. The summed E-state index contributed by atoms with van der Waals surface area (Å²) >= 11 is 0. The van der Waals surface area contributed by atoms with Crippen LogP contribution in [0, 0.1) is 0 Å². The molecule has 0 amide bonds. The van der Waals surface area contributed by atoms with E-state index in [1.807, 2.05) is 12.1 Å². The second-order valence-electron chi connectivity index (χ2n) is 5.12. The van der Waals surface area contributed by atoms with Gasteiger partial charge in [-0.05, 0) is 51.4 Å². The van der Waals surface area contributed by atoms with Crippen LogP contribution < -0.4 is 14.8 Å². The van der Waals surface area contributed by atoms with Gasteiger partial charge in [-0.2, -0.15) is 0 Å². The zero-order chi connectivity index (χ0) is 12.9. The Kier molecular flexibility index (Phi) is 4.82. The third-order valence-corrected chi connectivity index (χ3v) is 2.52. The summed E-state index contributed by atoms with van der Waals surface area (Å²) in [5.74, 6) is 1.57. The highest BCUT2D eigenvalue weighted by Crippen LogP contribution is 2.27. The van der Waals surface area contributed by atoms with Crippen molar-refractivity contribution in [3.63, 3.8) is 0 Å². The molecule has 1 rings (SSSR count). The molecule has 0 aliphatic heterocycles. The third-order valence-electron chi connectivity index (χ3n) is 2.52. The minimum Gasteiger partial charge on any atom is -0.493 e. The largest absolute Gasteiger partial charge is 0.493 e. The van der Waals surface area contributed by atoms with Gasteiger partial charge in [0, 0.05) is 5.54 Å². The lowest BCUT2D eigenvalue weighted by Gasteiger charge is -2.20. The van der Waals surface area contributed by atoms with Crippen LogP contribution in [0.25, 0.3) is 0 Å². The van der Waals surface area contributed by atoms with Crippen molar-refractivity contribution in [1.82, 2.24) is 5.32 Å². The monoisotopic (exact) mass is 237 g/mol. The SMILES string of the molecule is COc1ccc(CCNC(C)(C)C)cc1OC. The first kappa shape index (κ1) is 13.8. The summed E-state index contributed by atoms with van der Waals surface area (Å²) in [6.45, 7) is 7.46. The molecule has 17 heavy (non-hydrogen) atoms. The van der Waals surface area contributed by atoms with Gasteiger partial charge in [0.05, 0.1) is 14.2 Å². The fourth-order valence-electron chi connectivity index (χ4n) is 1.62. The van der Waals surface area contributed by atoms with Crippen LogP contribution in [-0.4, -0.2) is 26.3 Å². The summed E-state index contributed by atoms with van der Waals surface area (Å²) < 4.78 is 10.5. The van der Waals surface area contributed by atoms with Gasteiger partial charge in [-0.25, -0.2) is 0 Å². The van der Waals surface area contributed by atoms with Crippen LogP contribution in [0.3, 0.4) is 0 Å². The van der Waals surface area contributed by atoms with Crippen LogP contribution in [0.4, 0.5) is 0 Å². The van der Waals surface area contributed by atoms with Crippen molar-refractivity contribution in [2.45, 2.75) is 32.7 Å². The lowest BCUT2D eigenvalue weighted by Crippen LogP contribution is -2.37. The van der Waals surface area contributed by atoms with Gasteiger partial charge in [0.1, 0.15) is 0 Å². The molecule has 3 nitrogen and oxygen atoms in total. The number of rotatable bonds is 5. The minimum absolute atomic E-state index is 0.163. The second-order valence-corrected chi connectivity index (χ2v) is 5.12. The lowest BCUT2D eigenvalue weighted by atomic mass is 10.1. The average Bonchev–Trinajstić information content (AvgIpc) is 2.27. The molecule has 1 aromatic rings. The Morgan fingerprint density at radius 3 is 2.24 bits per heavy atom. The molecule has 0 spiro atoms. The van der Waals surface area contributed by atoms with E-state index < -0.39 is 0 Å². The molecule has 0 radical (unpaired) electrons. The molecule has 0 saturated carbocycles. The van der Waals surface area contributed by atoms with Gasteiger partial charge in [-0.15, -0.1) is 0 Å². The minimum atomic E-state index is 0.163. The second kappa shape index (κ2) is 5.92. The first-order valence-corrected chi connectivity index (χ1v) is 5.92. The highest BCUT2D eigenvalue weighted by molar-refractivity contribution is 5.42. The van der Waals surface area contributed by atoms with Gasteiger partial charge in [-0.1, -0.05) is 6.07 Å². The molecule has 0 bridgehead atoms. The van der Waals surface area contributed by atoms with Crippen LogP contribution in [0.5, 0.6) is 11.5 Å². The van der Waals surface area contributed by atoms with Gasteiger partial charge in [0.15, 0.2) is 11.5 Å². The smallest absolute Gasteiger partial charge is 0.160 e. The molecule has 96 valence electrons. The first-order valence-electron chi connectivity index (χ1n) is 5.92. The Labute approximate surface area is 104 Å². The predicted molar refractivity (Wildman–Crippen MR) is 71.0 cm³/mol. The third kappa shape index (κ3) is 4.65. The number of nitrogens with one attached hydrogen (secondary N) is 1. The molecule has 0 saturated heterocycles. The van der Waals surface area contributed by atoms with Crippen molar-refractivity contribution in [2.75, 3.05) is 20.8 Å². The van der Waals surface area contributed by atoms with Crippen molar-refractivity contribution >= 4 is 0 Å². The Balaban J connectivity index is 2.60. The zero-order valence-electron chi connectivity index (χ0n) is 11.5. The maximum absolute atomic E-state index is 5.28. The normalized spacial score (nSPS) is 11.4. The van der Waals surface area contributed by atoms with E-state index in [0.717, 1.165) is 24.5 Å². The molecule has 0 unspecified atom stereocenters. The molecule has 3 heteroatoms. The number of hydrogen-bond acceptors (Lipinski definition) is 3. The Hall–Kier alpha value is -1.22. The van der Waals surface area contributed by atoms with Crippen LogP contribution in [0.2, 0.25) is 0 Å². The number of ether oxygens (including phenoxy) is 2.